The standard InChI is InChI=1S/C14H18BrN/c1-11-9-13(7-8-14(11)15)16-10-12-5-3-2-4-6-12/h2-3,7-9,12,16H,4-6,10H2,1H3. The van der Waals surface area contributed by atoms with Gasteiger partial charge >= 0.3 is 0 Å². The minimum atomic E-state index is 0.800. The zero-order valence-corrected chi connectivity index (χ0v) is 11.3. The number of anilines is 1. The Bertz CT molecular complexity index is 384. The molecule has 2 rings (SSSR count). The van der Waals surface area contributed by atoms with Gasteiger partial charge in [-0.1, -0.05) is 28.1 Å². The molecule has 0 amide bonds. The van der Waals surface area contributed by atoms with Crippen molar-refractivity contribution in [2.24, 2.45) is 5.92 Å². The van der Waals surface area contributed by atoms with Crippen molar-refractivity contribution in [3.63, 3.8) is 0 Å². The number of aryl methyl sites for hydroxylation is 1. The number of halogens is 1. The third-order valence-electron chi connectivity index (χ3n) is 3.13. The average Bonchev–Trinajstić information content (AvgIpc) is 2.32. The fourth-order valence-corrected chi connectivity index (χ4v) is 2.31. The van der Waals surface area contributed by atoms with Crippen molar-refractivity contribution in [3.8, 4) is 0 Å². The highest BCUT2D eigenvalue weighted by atomic mass is 79.9. The zero-order valence-electron chi connectivity index (χ0n) is 9.67. The summed E-state index contributed by atoms with van der Waals surface area (Å²) in [5.74, 6) is 0.800. The van der Waals surface area contributed by atoms with Crippen molar-refractivity contribution in [1.29, 1.82) is 0 Å². The van der Waals surface area contributed by atoms with Crippen LogP contribution in [0.1, 0.15) is 24.8 Å². The molecule has 0 heterocycles. The molecule has 0 saturated heterocycles. The molecule has 0 aromatic heterocycles. The molecule has 1 unspecified atom stereocenters. The summed E-state index contributed by atoms with van der Waals surface area (Å²) < 4.78 is 1.18. The second kappa shape index (κ2) is 5.53. The van der Waals surface area contributed by atoms with Crippen molar-refractivity contribution < 1.29 is 0 Å². The summed E-state index contributed by atoms with van der Waals surface area (Å²) in [5.41, 5.74) is 2.52. The van der Waals surface area contributed by atoms with Crippen LogP contribution in [0.5, 0.6) is 0 Å². The van der Waals surface area contributed by atoms with E-state index >= 15 is 0 Å². The van der Waals surface area contributed by atoms with Crippen LogP contribution in [-0.4, -0.2) is 6.54 Å². The Hall–Kier alpha value is -0.760. The molecule has 2 heteroatoms. The van der Waals surface area contributed by atoms with Gasteiger partial charge in [-0.3, -0.25) is 0 Å². The molecule has 16 heavy (non-hydrogen) atoms. The van der Waals surface area contributed by atoms with Gasteiger partial charge < -0.3 is 5.32 Å². The fraction of sp³-hybridized carbons (Fsp3) is 0.429. The van der Waals surface area contributed by atoms with Crippen molar-refractivity contribution in [3.05, 3.63) is 40.4 Å². The maximum absolute atomic E-state index is 3.53. The molecule has 1 aliphatic rings. The molecule has 0 bridgehead atoms. The lowest BCUT2D eigenvalue weighted by Gasteiger charge is -2.19. The lowest BCUT2D eigenvalue weighted by molar-refractivity contribution is 0.504. The quantitative estimate of drug-likeness (QED) is 0.802. The molecule has 0 aliphatic heterocycles. The van der Waals surface area contributed by atoms with Crippen LogP contribution in [0.2, 0.25) is 0 Å². The van der Waals surface area contributed by atoms with Gasteiger partial charge in [-0.15, -0.1) is 0 Å². The highest BCUT2D eigenvalue weighted by molar-refractivity contribution is 9.10. The van der Waals surface area contributed by atoms with Gasteiger partial charge in [0.25, 0.3) is 0 Å². The average molecular weight is 280 g/mol. The van der Waals surface area contributed by atoms with E-state index in [0.29, 0.717) is 0 Å². The second-order valence-electron chi connectivity index (χ2n) is 4.50. The molecule has 0 fully saturated rings. The van der Waals surface area contributed by atoms with Crippen molar-refractivity contribution in [1.82, 2.24) is 0 Å². The molecule has 1 aliphatic carbocycles. The van der Waals surface area contributed by atoms with Gasteiger partial charge in [-0.05, 0) is 55.9 Å². The Morgan fingerprint density at radius 2 is 2.25 bits per heavy atom. The molecule has 86 valence electrons. The summed E-state index contributed by atoms with van der Waals surface area (Å²) in [7, 11) is 0. The summed E-state index contributed by atoms with van der Waals surface area (Å²) in [4.78, 5) is 0. The Balaban J connectivity index is 1.89. The Morgan fingerprint density at radius 1 is 1.38 bits per heavy atom. The molecule has 1 atom stereocenters. The number of hydrogen-bond donors (Lipinski definition) is 1. The Morgan fingerprint density at radius 3 is 2.94 bits per heavy atom. The van der Waals surface area contributed by atoms with E-state index in [1.165, 1.54) is 35.0 Å². The number of allylic oxidation sites excluding steroid dienone is 2. The monoisotopic (exact) mass is 279 g/mol. The predicted molar refractivity (Wildman–Crippen MR) is 73.8 cm³/mol. The third kappa shape index (κ3) is 3.11. The van der Waals surface area contributed by atoms with Crippen LogP contribution >= 0.6 is 15.9 Å². The van der Waals surface area contributed by atoms with E-state index in [9.17, 15) is 0 Å². The van der Waals surface area contributed by atoms with Crippen LogP contribution < -0.4 is 5.32 Å². The number of hydrogen-bond acceptors (Lipinski definition) is 1. The van der Waals surface area contributed by atoms with Crippen LogP contribution in [0, 0.1) is 12.8 Å². The molecule has 1 N–H and O–H groups in total. The van der Waals surface area contributed by atoms with E-state index in [-0.39, 0.29) is 0 Å². The summed E-state index contributed by atoms with van der Waals surface area (Å²) in [6, 6.07) is 6.44. The van der Waals surface area contributed by atoms with Gasteiger partial charge in [-0.2, -0.15) is 0 Å². The third-order valence-corrected chi connectivity index (χ3v) is 4.02. The summed E-state index contributed by atoms with van der Waals surface area (Å²) in [5, 5.41) is 3.53. The highest BCUT2D eigenvalue weighted by Gasteiger charge is 2.09. The van der Waals surface area contributed by atoms with E-state index in [4.69, 9.17) is 0 Å². The van der Waals surface area contributed by atoms with E-state index in [2.05, 4.69) is 58.5 Å². The Labute approximate surface area is 106 Å². The molecule has 1 aromatic carbocycles. The maximum Gasteiger partial charge on any atom is 0.0343 e. The summed E-state index contributed by atoms with van der Waals surface area (Å²) in [6.45, 7) is 3.21. The first kappa shape index (κ1) is 11.7. The minimum Gasteiger partial charge on any atom is -0.385 e. The smallest absolute Gasteiger partial charge is 0.0343 e. The Kier molecular flexibility index (Phi) is 4.05. The van der Waals surface area contributed by atoms with Crippen molar-refractivity contribution in [2.75, 3.05) is 11.9 Å². The maximum atomic E-state index is 3.53. The lowest BCUT2D eigenvalue weighted by atomic mass is 9.94. The van der Waals surface area contributed by atoms with Gasteiger partial charge in [0.1, 0.15) is 0 Å². The van der Waals surface area contributed by atoms with Gasteiger partial charge in [0.2, 0.25) is 0 Å². The molecule has 0 radical (unpaired) electrons. The highest BCUT2D eigenvalue weighted by Crippen LogP contribution is 2.22. The van der Waals surface area contributed by atoms with Gasteiger partial charge in [0.05, 0.1) is 0 Å². The minimum absolute atomic E-state index is 0.800. The first-order chi connectivity index (χ1) is 7.75. The molecular formula is C14H18BrN. The van der Waals surface area contributed by atoms with Crippen LogP contribution in [-0.2, 0) is 0 Å². The summed E-state index contributed by atoms with van der Waals surface area (Å²) >= 11 is 3.52. The van der Waals surface area contributed by atoms with Gasteiger partial charge in [-0.25, -0.2) is 0 Å². The zero-order chi connectivity index (χ0) is 11.4. The van der Waals surface area contributed by atoms with Crippen molar-refractivity contribution in [2.45, 2.75) is 26.2 Å². The van der Waals surface area contributed by atoms with Gasteiger partial charge in [0.15, 0.2) is 0 Å². The van der Waals surface area contributed by atoms with Crippen LogP contribution in [0.3, 0.4) is 0 Å². The lowest BCUT2D eigenvalue weighted by Crippen LogP contribution is -2.15. The van der Waals surface area contributed by atoms with Crippen molar-refractivity contribution >= 4 is 21.6 Å². The summed E-state index contributed by atoms with van der Waals surface area (Å²) in [6.07, 6.45) is 8.39. The topological polar surface area (TPSA) is 12.0 Å². The van der Waals surface area contributed by atoms with E-state index < -0.39 is 0 Å². The molecule has 1 aromatic rings. The van der Waals surface area contributed by atoms with E-state index in [1.807, 2.05) is 0 Å². The first-order valence-electron chi connectivity index (χ1n) is 5.91. The predicted octanol–water partition coefficient (Wildman–Crippen LogP) is 4.53. The fourth-order valence-electron chi connectivity index (χ4n) is 2.06. The van der Waals surface area contributed by atoms with Gasteiger partial charge in [0, 0.05) is 16.7 Å². The number of nitrogens with one attached hydrogen (secondary N) is 1. The molecule has 1 nitrogen and oxygen atoms in total. The molecule has 0 saturated carbocycles. The molecule has 0 spiro atoms. The largest absolute Gasteiger partial charge is 0.385 e. The molecular weight excluding hydrogens is 262 g/mol. The van der Waals surface area contributed by atoms with Crippen LogP contribution in [0.15, 0.2) is 34.8 Å². The van der Waals surface area contributed by atoms with E-state index in [0.717, 1.165) is 12.5 Å². The van der Waals surface area contributed by atoms with E-state index in [1.54, 1.807) is 0 Å². The number of benzene rings is 1. The second-order valence-corrected chi connectivity index (χ2v) is 5.35. The normalized spacial score (nSPS) is 19.8. The van der Waals surface area contributed by atoms with Crippen LogP contribution in [0.4, 0.5) is 5.69 Å². The SMILES string of the molecule is Cc1cc(NCC2CC=CCC2)ccc1Br. The van der Waals surface area contributed by atoms with Crippen LogP contribution in [0.25, 0.3) is 0 Å². The first-order valence-corrected chi connectivity index (χ1v) is 6.70. The number of rotatable bonds is 3.